The predicted octanol–water partition coefficient (Wildman–Crippen LogP) is 1.88. The summed E-state index contributed by atoms with van der Waals surface area (Å²) in [5.41, 5.74) is 6.77. The maximum Gasteiger partial charge on any atom is 0.322 e. The smallest absolute Gasteiger partial charge is 0.322 e. The first-order chi connectivity index (χ1) is 8.20. The van der Waals surface area contributed by atoms with Crippen LogP contribution in [0.3, 0.4) is 0 Å². The molecule has 0 heterocycles. The summed E-state index contributed by atoms with van der Waals surface area (Å²) in [6, 6.07) is 13.6. The molecule has 0 amide bonds. The van der Waals surface area contributed by atoms with Crippen molar-refractivity contribution in [1.82, 2.24) is 0 Å². The van der Waals surface area contributed by atoms with Gasteiger partial charge >= 0.3 is 5.97 Å². The Morgan fingerprint density at radius 1 is 1.24 bits per heavy atom. The Morgan fingerprint density at radius 3 is 2.65 bits per heavy atom. The van der Waals surface area contributed by atoms with Crippen molar-refractivity contribution >= 4 is 16.7 Å². The topological polar surface area (TPSA) is 52.3 Å². The highest BCUT2D eigenvalue weighted by atomic mass is 16.5. The minimum Gasteiger partial charge on any atom is -0.468 e. The first kappa shape index (κ1) is 11.6. The van der Waals surface area contributed by atoms with E-state index in [-0.39, 0.29) is 5.97 Å². The molecule has 0 radical (unpaired) electrons. The third kappa shape index (κ3) is 2.63. The van der Waals surface area contributed by atoms with Crippen LogP contribution in [0.5, 0.6) is 0 Å². The lowest BCUT2D eigenvalue weighted by molar-refractivity contribution is -0.142. The van der Waals surface area contributed by atoms with E-state index in [1.165, 1.54) is 12.5 Å². The van der Waals surface area contributed by atoms with Crippen LogP contribution in [0.25, 0.3) is 10.8 Å². The monoisotopic (exact) mass is 229 g/mol. The third-order valence-corrected chi connectivity index (χ3v) is 2.77. The highest BCUT2D eigenvalue weighted by molar-refractivity contribution is 5.83. The Kier molecular flexibility index (Phi) is 3.40. The maximum atomic E-state index is 11.2. The molecule has 0 bridgehead atoms. The summed E-state index contributed by atoms with van der Waals surface area (Å²) in [7, 11) is 1.35. The van der Waals surface area contributed by atoms with Crippen LogP contribution >= 0.6 is 0 Å². The fourth-order valence-electron chi connectivity index (χ4n) is 1.85. The molecular formula is C14H15NO2. The number of hydrogen-bond donors (Lipinski definition) is 1. The second kappa shape index (κ2) is 4.97. The van der Waals surface area contributed by atoms with Crippen LogP contribution in [0.2, 0.25) is 0 Å². The summed E-state index contributed by atoms with van der Waals surface area (Å²) >= 11 is 0. The molecule has 0 aromatic heterocycles. The Balaban J connectivity index is 2.22. The fourth-order valence-corrected chi connectivity index (χ4v) is 1.85. The quantitative estimate of drug-likeness (QED) is 0.818. The predicted molar refractivity (Wildman–Crippen MR) is 67.6 cm³/mol. The highest BCUT2D eigenvalue weighted by Gasteiger charge is 2.14. The first-order valence-corrected chi connectivity index (χ1v) is 5.52. The number of carbonyl (C=O) groups is 1. The van der Waals surface area contributed by atoms with Gasteiger partial charge in [0.2, 0.25) is 0 Å². The molecule has 0 spiro atoms. The minimum absolute atomic E-state index is 0.377. The lowest BCUT2D eigenvalue weighted by atomic mass is 10.0. The van der Waals surface area contributed by atoms with Gasteiger partial charge in [-0.1, -0.05) is 42.5 Å². The summed E-state index contributed by atoms with van der Waals surface area (Å²) in [5, 5.41) is 2.34. The maximum absolute atomic E-state index is 11.2. The van der Waals surface area contributed by atoms with Crippen molar-refractivity contribution < 1.29 is 9.53 Å². The van der Waals surface area contributed by atoms with Gasteiger partial charge in [0, 0.05) is 0 Å². The Labute approximate surface area is 100 Å². The molecule has 88 valence electrons. The van der Waals surface area contributed by atoms with Crippen LogP contribution in [-0.2, 0) is 16.0 Å². The zero-order valence-electron chi connectivity index (χ0n) is 9.72. The average Bonchev–Trinajstić information content (AvgIpc) is 2.37. The Morgan fingerprint density at radius 2 is 1.94 bits per heavy atom. The van der Waals surface area contributed by atoms with E-state index in [1.807, 2.05) is 30.3 Å². The van der Waals surface area contributed by atoms with Crippen molar-refractivity contribution in [1.29, 1.82) is 0 Å². The molecule has 0 fully saturated rings. The SMILES string of the molecule is COC(=O)[C@H](N)Cc1ccc2ccccc2c1. The van der Waals surface area contributed by atoms with Crippen molar-refractivity contribution in [2.24, 2.45) is 5.73 Å². The molecule has 3 heteroatoms. The number of methoxy groups -OCH3 is 1. The van der Waals surface area contributed by atoms with Gasteiger partial charge in [-0.25, -0.2) is 0 Å². The Bertz CT molecular complexity index is 536. The van der Waals surface area contributed by atoms with E-state index in [2.05, 4.69) is 16.9 Å². The molecule has 0 saturated carbocycles. The molecule has 2 aromatic rings. The highest BCUT2D eigenvalue weighted by Crippen LogP contribution is 2.16. The van der Waals surface area contributed by atoms with Crippen molar-refractivity contribution in [3.63, 3.8) is 0 Å². The lowest BCUT2D eigenvalue weighted by Crippen LogP contribution is -2.33. The normalized spacial score (nSPS) is 12.4. The molecule has 0 aliphatic rings. The number of hydrogen-bond acceptors (Lipinski definition) is 3. The van der Waals surface area contributed by atoms with Crippen molar-refractivity contribution in [2.75, 3.05) is 7.11 Å². The number of rotatable bonds is 3. The number of nitrogens with two attached hydrogens (primary N) is 1. The molecule has 3 nitrogen and oxygen atoms in total. The van der Waals surface area contributed by atoms with E-state index in [0.29, 0.717) is 6.42 Å². The molecule has 0 unspecified atom stereocenters. The van der Waals surface area contributed by atoms with Gasteiger partial charge in [0.25, 0.3) is 0 Å². The summed E-state index contributed by atoms with van der Waals surface area (Å²) in [6.07, 6.45) is 0.498. The number of esters is 1. The molecular weight excluding hydrogens is 214 g/mol. The first-order valence-electron chi connectivity index (χ1n) is 5.52. The molecule has 1 atom stereocenters. The minimum atomic E-state index is -0.596. The molecule has 2 rings (SSSR count). The second-order valence-corrected chi connectivity index (χ2v) is 4.02. The van der Waals surface area contributed by atoms with Crippen LogP contribution in [0.15, 0.2) is 42.5 Å². The summed E-state index contributed by atoms with van der Waals surface area (Å²) < 4.78 is 4.61. The van der Waals surface area contributed by atoms with Crippen LogP contribution < -0.4 is 5.73 Å². The van der Waals surface area contributed by atoms with Crippen LogP contribution in [-0.4, -0.2) is 19.1 Å². The average molecular weight is 229 g/mol. The van der Waals surface area contributed by atoms with Gasteiger partial charge in [0.15, 0.2) is 0 Å². The van der Waals surface area contributed by atoms with Gasteiger partial charge in [-0.2, -0.15) is 0 Å². The molecule has 2 aromatic carbocycles. The van der Waals surface area contributed by atoms with Gasteiger partial charge in [-0.05, 0) is 22.8 Å². The largest absolute Gasteiger partial charge is 0.468 e. The molecule has 2 N–H and O–H groups in total. The van der Waals surface area contributed by atoms with Crippen molar-refractivity contribution in [2.45, 2.75) is 12.5 Å². The zero-order chi connectivity index (χ0) is 12.3. The van der Waals surface area contributed by atoms with Crippen LogP contribution in [0.1, 0.15) is 5.56 Å². The van der Waals surface area contributed by atoms with Crippen molar-refractivity contribution in [3.05, 3.63) is 48.0 Å². The summed E-state index contributed by atoms with van der Waals surface area (Å²) in [4.78, 5) is 11.2. The third-order valence-electron chi connectivity index (χ3n) is 2.77. The standard InChI is InChI=1S/C14H15NO2/c1-17-14(16)13(15)9-10-6-7-11-4-2-3-5-12(11)8-10/h2-8,13H,9,15H2,1H3/t13-/m1/s1. The number of ether oxygens (including phenoxy) is 1. The second-order valence-electron chi connectivity index (χ2n) is 4.02. The van der Waals surface area contributed by atoms with E-state index < -0.39 is 6.04 Å². The van der Waals surface area contributed by atoms with E-state index in [4.69, 9.17) is 5.73 Å². The Hall–Kier alpha value is -1.87. The van der Waals surface area contributed by atoms with Gasteiger partial charge in [0.05, 0.1) is 7.11 Å². The zero-order valence-corrected chi connectivity index (χ0v) is 9.72. The van der Waals surface area contributed by atoms with E-state index in [1.54, 1.807) is 0 Å². The van der Waals surface area contributed by atoms with Crippen LogP contribution in [0.4, 0.5) is 0 Å². The fraction of sp³-hybridized carbons (Fsp3) is 0.214. The molecule has 0 aliphatic heterocycles. The van der Waals surface area contributed by atoms with Gasteiger partial charge in [0.1, 0.15) is 6.04 Å². The number of carbonyl (C=O) groups excluding carboxylic acids is 1. The lowest BCUT2D eigenvalue weighted by Gasteiger charge is -2.09. The van der Waals surface area contributed by atoms with E-state index in [0.717, 1.165) is 10.9 Å². The van der Waals surface area contributed by atoms with Gasteiger partial charge in [-0.3, -0.25) is 4.79 Å². The summed E-state index contributed by atoms with van der Waals surface area (Å²) in [6.45, 7) is 0. The van der Waals surface area contributed by atoms with Crippen LogP contribution in [0, 0.1) is 0 Å². The van der Waals surface area contributed by atoms with E-state index >= 15 is 0 Å². The molecule has 0 aliphatic carbocycles. The number of fused-ring (bicyclic) bond motifs is 1. The van der Waals surface area contributed by atoms with Crippen molar-refractivity contribution in [3.8, 4) is 0 Å². The van der Waals surface area contributed by atoms with E-state index in [9.17, 15) is 4.79 Å². The molecule has 0 saturated heterocycles. The number of benzene rings is 2. The molecule has 17 heavy (non-hydrogen) atoms. The van der Waals surface area contributed by atoms with Gasteiger partial charge in [-0.15, -0.1) is 0 Å². The summed E-state index contributed by atoms with van der Waals surface area (Å²) in [5.74, 6) is -0.377. The van der Waals surface area contributed by atoms with Gasteiger partial charge < -0.3 is 10.5 Å².